The lowest BCUT2D eigenvalue weighted by atomic mass is 9.87. The fourth-order valence-corrected chi connectivity index (χ4v) is 3.82. The molecule has 1 saturated carbocycles. The van der Waals surface area contributed by atoms with Gasteiger partial charge < -0.3 is 10.6 Å². The predicted molar refractivity (Wildman–Crippen MR) is 82.5 cm³/mol. The van der Waals surface area contributed by atoms with Crippen LogP contribution in [0.3, 0.4) is 0 Å². The summed E-state index contributed by atoms with van der Waals surface area (Å²) < 4.78 is 0. The molecule has 2 fully saturated rings. The fourth-order valence-electron chi connectivity index (χ4n) is 3.82. The summed E-state index contributed by atoms with van der Waals surface area (Å²) in [5, 5.41) is 0. The van der Waals surface area contributed by atoms with Gasteiger partial charge in [-0.05, 0) is 19.3 Å². The molecule has 1 amide bonds. The van der Waals surface area contributed by atoms with Gasteiger partial charge in [0.1, 0.15) is 0 Å². The van der Waals surface area contributed by atoms with E-state index in [-0.39, 0.29) is 5.41 Å². The molecule has 0 spiro atoms. The van der Waals surface area contributed by atoms with E-state index in [9.17, 15) is 4.79 Å². The molecule has 0 aromatic heterocycles. The average Bonchev–Trinajstić information content (AvgIpc) is 2.92. The van der Waals surface area contributed by atoms with E-state index in [4.69, 9.17) is 5.73 Å². The second-order valence-corrected chi connectivity index (χ2v) is 6.77. The number of carbonyl (C=O) groups excluding carboxylic acids is 1. The normalized spacial score (nSPS) is 24.9. The van der Waals surface area contributed by atoms with Crippen LogP contribution in [0.2, 0.25) is 0 Å². The summed E-state index contributed by atoms with van der Waals surface area (Å²) in [5.74, 6) is 0.398. The Balaban J connectivity index is 1.86. The van der Waals surface area contributed by atoms with E-state index in [1.54, 1.807) is 0 Å². The van der Waals surface area contributed by atoms with Gasteiger partial charge in [-0.1, -0.05) is 33.1 Å². The van der Waals surface area contributed by atoms with E-state index in [0.29, 0.717) is 11.9 Å². The van der Waals surface area contributed by atoms with Crippen LogP contribution in [0.25, 0.3) is 0 Å². The molecule has 116 valence electrons. The minimum absolute atomic E-state index is 0.0706. The summed E-state index contributed by atoms with van der Waals surface area (Å²) >= 11 is 0. The number of amides is 1. The topological polar surface area (TPSA) is 49.6 Å². The Bertz CT molecular complexity index is 318. The van der Waals surface area contributed by atoms with Crippen molar-refractivity contribution in [2.45, 2.75) is 58.4 Å². The van der Waals surface area contributed by atoms with E-state index < -0.39 is 0 Å². The Morgan fingerprint density at radius 1 is 1.20 bits per heavy atom. The van der Waals surface area contributed by atoms with E-state index in [0.717, 1.165) is 45.6 Å². The standard InChI is InChI=1S/C16H31N3O/c1-3-6-14(13-17)18-9-11-19(12-10-18)15(20)16(2)7-4-5-8-16/h14H,3-13,17H2,1-2H3. The molecular weight excluding hydrogens is 250 g/mol. The highest BCUT2D eigenvalue weighted by molar-refractivity contribution is 5.82. The summed E-state index contributed by atoms with van der Waals surface area (Å²) in [6.45, 7) is 8.86. The number of piperazine rings is 1. The molecule has 1 aliphatic carbocycles. The maximum absolute atomic E-state index is 12.7. The van der Waals surface area contributed by atoms with Crippen molar-refractivity contribution in [2.24, 2.45) is 11.1 Å². The minimum Gasteiger partial charge on any atom is -0.340 e. The monoisotopic (exact) mass is 281 g/mol. The molecule has 1 aliphatic heterocycles. The van der Waals surface area contributed by atoms with Gasteiger partial charge in [0.2, 0.25) is 5.91 Å². The van der Waals surface area contributed by atoms with Gasteiger partial charge in [0, 0.05) is 44.2 Å². The molecule has 4 heteroatoms. The van der Waals surface area contributed by atoms with Crippen molar-refractivity contribution >= 4 is 5.91 Å². The number of hydrogen-bond acceptors (Lipinski definition) is 3. The fraction of sp³-hybridized carbons (Fsp3) is 0.938. The number of nitrogens with zero attached hydrogens (tertiary/aromatic N) is 2. The first-order chi connectivity index (χ1) is 9.60. The van der Waals surface area contributed by atoms with Crippen LogP contribution < -0.4 is 5.73 Å². The third-order valence-corrected chi connectivity index (χ3v) is 5.24. The molecule has 4 nitrogen and oxygen atoms in total. The Labute approximate surface area is 123 Å². The number of carbonyl (C=O) groups is 1. The highest BCUT2D eigenvalue weighted by Gasteiger charge is 2.40. The average molecular weight is 281 g/mol. The van der Waals surface area contributed by atoms with E-state index >= 15 is 0 Å². The van der Waals surface area contributed by atoms with Gasteiger partial charge in [-0.2, -0.15) is 0 Å². The molecule has 1 heterocycles. The van der Waals surface area contributed by atoms with Gasteiger partial charge in [-0.15, -0.1) is 0 Å². The molecule has 2 rings (SSSR count). The first-order valence-electron chi connectivity index (χ1n) is 8.34. The van der Waals surface area contributed by atoms with Crippen LogP contribution in [-0.4, -0.2) is 54.5 Å². The smallest absolute Gasteiger partial charge is 0.228 e. The van der Waals surface area contributed by atoms with Gasteiger partial charge >= 0.3 is 0 Å². The van der Waals surface area contributed by atoms with Crippen LogP contribution in [0.5, 0.6) is 0 Å². The number of hydrogen-bond donors (Lipinski definition) is 1. The molecule has 1 saturated heterocycles. The van der Waals surface area contributed by atoms with E-state index in [1.807, 2.05) is 0 Å². The molecule has 0 aromatic carbocycles. The van der Waals surface area contributed by atoms with Crippen LogP contribution in [0.4, 0.5) is 0 Å². The van der Waals surface area contributed by atoms with Crippen molar-refractivity contribution in [3.63, 3.8) is 0 Å². The van der Waals surface area contributed by atoms with E-state index in [1.165, 1.54) is 25.7 Å². The Kier molecular flexibility index (Phi) is 5.44. The summed E-state index contributed by atoms with van der Waals surface area (Å²) in [5.41, 5.74) is 5.81. The SMILES string of the molecule is CCCC(CN)N1CCN(C(=O)C2(C)CCCC2)CC1. The first kappa shape index (κ1) is 15.8. The molecule has 1 unspecified atom stereocenters. The van der Waals surface area contributed by atoms with Gasteiger partial charge in [0.25, 0.3) is 0 Å². The van der Waals surface area contributed by atoms with Crippen LogP contribution >= 0.6 is 0 Å². The highest BCUT2D eigenvalue weighted by atomic mass is 16.2. The summed E-state index contributed by atoms with van der Waals surface area (Å²) in [6, 6.07) is 0.499. The maximum Gasteiger partial charge on any atom is 0.228 e. The van der Waals surface area contributed by atoms with Crippen molar-refractivity contribution in [3.05, 3.63) is 0 Å². The van der Waals surface area contributed by atoms with Crippen LogP contribution in [0.15, 0.2) is 0 Å². The summed E-state index contributed by atoms with van der Waals surface area (Å²) in [4.78, 5) is 17.3. The molecule has 0 aromatic rings. The molecule has 2 aliphatic rings. The van der Waals surface area contributed by atoms with E-state index in [2.05, 4.69) is 23.6 Å². The lowest BCUT2D eigenvalue weighted by Gasteiger charge is -2.41. The van der Waals surface area contributed by atoms with Gasteiger partial charge in [-0.3, -0.25) is 9.69 Å². The van der Waals surface area contributed by atoms with Crippen LogP contribution in [-0.2, 0) is 4.79 Å². The van der Waals surface area contributed by atoms with Crippen molar-refractivity contribution in [2.75, 3.05) is 32.7 Å². The first-order valence-corrected chi connectivity index (χ1v) is 8.34. The highest BCUT2D eigenvalue weighted by Crippen LogP contribution is 2.39. The third-order valence-electron chi connectivity index (χ3n) is 5.24. The zero-order chi connectivity index (χ0) is 14.6. The minimum atomic E-state index is -0.0706. The zero-order valence-electron chi connectivity index (χ0n) is 13.2. The predicted octanol–water partition coefficient (Wildman–Crippen LogP) is 1.84. The Morgan fingerprint density at radius 2 is 1.80 bits per heavy atom. The largest absolute Gasteiger partial charge is 0.340 e. The lowest BCUT2D eigenvalue weighted by Crippen LogP contribution is -2.55. The van der Waals surface area contributed by atoms with Crippen LogP contribution in [0.1, 0.15) is 52.4 Å². The number of nitrogens with two attached hydrogens (primary N) is 1. The van der Waals surface area contributed by atoms with Crippen molar-refractivity contribution in [1.29, 1.82) is 0 Å². The second-order valence-electron chi connectivity index (χ2n) is 6.77. The van der Waals surface area contributed by atoms with Gasteiger partial charge in [0.15, 0.2) is 0 Å². The zero-order valence-corrected chi connectivity index (χ0v) is 13.2. The Morgan fingerprint density at radius 3 is 2.30 bits per heavy atom. The summed E-state index contributed by atoms with van der Waals surface area (Å²) in [7, 11) is 0. The molecular formula is C16H31N3O. The van der Waals surface area contributed by atoms with Crippen molar-refractivity contribution in [1.82, 2.24) is 9.80 Å². The van der Waals surface area contributed by atoms with Gasteiger partial charge in [0.05, 0.1) is 0 Å². The third kappa shape index (κ3) is 3.34. The maximum atomic E-state index is 12.7. The lowest BCUT2D eigenvalue weighted by molar-refractivity contribution is -0.143. The molecule has 1 atom stereocenters. The molecule has 20 heavy (non-hydrogen) atoms. The number of rotatable bonds is 5. The van der Waals surface area contributed by atoms with Crippen molar-refractivity contribution < 1.29 is 4.79 Å². The molecule has 0 radical (unpaired) electrons. The quantitative estimate of drug-likeness (QED) is 0.836. The molecule has 2 N–H and O–H groups in total. The Hall–Kier alpha value is -0.610. The van der Waals surface area contributed by atoms with Crippen molar-refractivity contribution in [3.8, 4) is 0 Å². The summed E-state index contributed by atoms with van der Waals surface area (Å²) in [6.07, 6.45) is 6.93. The second kappa shape index (κ2) is 6.90. The van der Waals surface area contributed by atoms with Gasteiger partial charge in [-0.25, -0.2) is 0 Å². The molecule has 0 bridgehead atoms. The van der Waals surface area contributed by atoms with Crippen LogP contribution in [0, 0.1) is 5.41 Å².